The van der Waals surface area contributed by atoms with E-state index >= 15 is 0 Å². The summed E-state index contributed by atoms with van der Waals surface area (Å²) in [5.41, 5.74) is 8.53. The van der Waals surface area contributed by atoms with Gasteiger partial charge in [0.25, 0.3) is 0 Å². The first-order valence-electron chi connectivity index (χ1n) is 29.3. The summed E-state index contributed by atoms with van der Waals surface area (Å²) in [4.78, 5) is 0. The topological polar surface area (TPSA) is 169 Å². The Labute approximate surface area is 462 Å². The smallest absolute Gasteiger partial charge is 0.160 e. The number of aryl methyl sites for hydroxylation is 2. The minimum atomic E-state index is -0.0769. The molecule has 0 atom stereocenters. The molecule has 0 aromatic heterocycles. The summed E-state index contributed by atoms with van der Waals surface area (Å²) in [6.45, 7) is 8.09. The molecule has 0 unspecified atom stereocenters. The van der Waals surface area contributed by atoms with Crippen molar-refractivity contribution in [3.8, 4) is 34.5 Å². The minimum Gasteiger partial charge on any atom is -0.508 e. The Bertz CT molecular complexity index is 2470. The maximum Gasteiger partial charge on any atom is 0.160 e. The molecule has 0 heterocycles. The van der Waals surface area contributed by atoms with E-state index in [2.05, 4.69) is 81.9 Å². The molecule has 0 radical (unpaired) electrons. The van der Waals surface area contributed by atoms with E-state index in [0.29, 0.717) is 25.7 Å². The Balaban J connectivity index is 0.000000284. The zero-order valence-corrected chi connectivity index (χ0v) is 46.3. The van der Waals surface area contributed by atoms with E-state index in [0.717, 1.165) is 111 Å². The van der Waals surface area contributed by atoms with E-state index in [1.807, 2.05) is 36.4 Å². The number of nitrogens with one attached hydrogen (secondary N) is 4. The highest BCUT2D eigenvalue weighted by atomic mass is 16.3. The molecule has 0 bridgehead atoms. The second kappa shape index (κ2) is 38.5. The van der Waals surface area contributed by atoms with Gasteiger partial charge in [-0.05, 0) is 199 Å². The second-order valence-electron chi connectivity index (χ2n) is 20.8. The van der Waals surface area contributed by atoms with Crippen LogP contribution in [0.2, 0.25) is 0 Å². The quantitative estimate of drug-likeness (QED) is 0.0132. The molecule has 0 aliphatic rings. The third-order valence-corrected chi connectivity index (χ3v) is 14.5. The Morgan fingerprint density at radius 2 is 0.558 bits per heavy atom. The van der Waals surface area contributed by atoms with E-state index in [-0.39, 0.29) is 34.5 Å². The maximum atomic E-state index is 10.5. The molecule has 6 aromatic rings. The molecule has 10 N–H and O–H groups in total. The number of aromatic hydroxyl groups is 6. The highest BCUT2D eigenvalue weighted by molar-refractivity contribution is 5.50. The highest BCUT2D eigenvalue weighted by Crippen LogP contribution is 2.34. The Morgan fingerprint density at radius 1 is 0.247 bits per heavy atom. The molecule has 0 aliphatic heterocycles. The Hall–Kier alpha value is -6.04. The number of phenols is 6. The van der Waals surface area contributed by atoms with E-state index in [1.54, 1.807) is 36.4 Å². The molecule has 6 aromatic carbocycles. The molecule has 0 saturated carbocycles. The van der Waals surface area contributed by atoms with Crippen molar-refractivity contribution < 1.29 is 30.6 Å². The number of benzene rings is 6. The van der Waals surface area contributed by atoms with Gasteiger partial charge in [0, 0.05) is 11.1 Å². The zero-order chi connectivity index (χ0) is 54.4. The highest BCUT2D eigenvalue weighted by Gasteiger charge is 2.14. The van der Waals surface area contributed by atoms with E-state index in [1.165, 1.54) is 107 Å². The number of hydrogen-bond acceptors (Lipinski definition) is 10. The molecule has 0 aliphatic carbocycles. The van der Waals surface area contributed by atoms with Crippen molar-refractivity contribution in [1.29, 1.82) is 0 Å². The summed E-state index contributed by atoms with van der Waals surface area (Å²) >= 11 is 0. The minimum absolute atomic E-state index is 0.0213. The fraction of sp³-hybridized carbons (Fsp3) is 0.463. The third-order valence-electron chi connectivity index (χ3n) is 14.5. The van der Waals surface area contributed by atoms with Crippen LogP contribution in [-0.4, -0.2) is 83.0 Å². The molecule has 418 valence electrons. The van der Waals surface area contributed by atoms with Crippen molar-refractivity contribution in [2.24, 2.45) is 0 Å². The number of rotatable bonds is 39. The summed E-state index contributed by atoms with van der Waals surface area (Å²) in [7, 11) is 0. The van der Waals surface area contributed by atoms with Crippen LogP contribution < -0.4 is 21.3 Å². The first-order valence-corrected chi connectivity index (χ1v) is 29.3. The van der Waals surface area contributed by atoms with Crippen LogP contribution in [0.15, 0.2) is 133 Å². The molecule has 77 heavy (non-hydrogen) atoms. The van der Waals surface area contributed by atoms with Gasteiger partial charge in [-0.1, -0.05) is 168 Å². The largest absolute Gasteiger partial charge is 0.508 e. The van der Waals surface area contributed by atoms with E-state index in [9.17, 15) is 30.6 Å². The molecule has 0 spiro atoms. The monoisotopic (exact) mass is 1050 g/mol. The van der Waals surface area contributed by atoms with Gasteiger partial charge in [0.15, 0.2) is 23.0 Å². The summed E-state index contributed by atoms with van der Waals surface area (Å²) in [6.07, 6.45) is 25.8. The van der Waals surface area contributed by atoms with Crippen molar-refractivity contribution in [3.05, 3.63) is 178 Å². The summed E-state index contributed by atoms with van der Waals surface area (Å²) in [5.74, 6) is 0.294. The van der Waals surface area contributed by atoms with Crippen LogP contribution in [0.25, 0.3) is 0 Å². The summed E-state index contributed by atoms with van der Waals surface area (Å²) in [5, 5.41) is 74.5. The lowest BCUT2D eigenvalue weighted by molar-refractivity contribution is 0.398. The maximum absolute atomic E-state index is 10.5. The third kappa shape index (κ3) is 26.2. The predicted molar refractivity (Wildman–Crippen MR) is 319 cm³/mol. The number of hydrogen-bond donors (Lipinski definition) is 10. The summed E-state index contributed by atoms with van der Waals surface area (Å²) in [6, 6.07) is 42.7. The van der Waals surface area contributed by atoms with Crippen molar-refractivity contribution in [3.63, 3.8) is 0 Å². The van der Waals surface area contributed by atoms with E-state index in [4.69, 9.17) is 0 Å². The molecule has 10 heteroatoms. The van der Waals surface area contributed by atoms with Gasteiger partial charge in [0.2, 0.25) is 0 Å². The Morgan fingerprint density at radius 3 is 0.896 bits per heavy atom. The van der Waals surface area contributed by atoms with Crippen LogP contribution in [-0.2, 0) is 51.4 Å². The van der Waals surface area contributed by atoms with Gasteiger partial charge >= 0.3 is 0 Å². The van der Waals surface area contributed by atoms with Gasteiger partial charge in [-0.15, -0.1) is 0 Å². The van der Waals surface area contributed by atoms with E-state index < -0.39 is 0 Å². The normalized spacial score (nSPS) is 11.2. The lowest BCUT2D eigenvalue weighted by Crippen LogP contribution is -2.19. The van der Waals surface area contributed by atoms with Crippen LogP contribution in [0, 0.1) is 0 Å². The first kappa shape index (κ1) is 61.8. The van der Waals surface area contributed by atoms with Gasteiger partial charge in [-0.25, -0.2) is 0 Å². The molecule has 6 rings (SSSR count). The predicted octanol–water partition coefficient (Wildman–Crippen LogP) is 13.0. The van der Waals surface area contributed by atoms with Gasteiger partial charge in [-0.3, -0.25) is 0 Å². The van der Waals surface area contributed by atoms with Crippen LogP contribution in [0.3, 0.4) is 0 Å². The van der Waals surface area contributed by atoms with Crippen molar-refractivity contribution in [2.45, 2.75) is 148 Å². The fourth-order valence-electron chi connectivity index (χ4n) is 9.97. The molecule has 0 amide bonds. The first-order chi connectivity index (χ1) is 37.8. The standard InChI is InChI=1S/C34H48N2O3.C33H46N2O3/c37-31-16-12-15-29(27-31)17-19-32-30(18-20-33(38)34(32)39)22-26-36-24-11-6-4-2-1-3-5-10-23-35-25-21-28-13-8-7-9-14-28;36-30-15-11-14-28(26-30)16-18-31-29(17-19-32(37)33(31)38)21-25-35-23-10-5-3-1-2-4-9-22-34-24-20-27-12-7-6-8-13-27/h7-9,12-16,18,20,27,35-39H,1-6,10-11,17,19,21-26H2;6-8,11-15,17,19,26,34-38H,1-5,9-10,16,18,20-25H2. The second-order valence-corrected chi connectivity index (χ2v) is 20.8. The summed E-state index contributed by atoms with van der Waals surface area (Å²) < 4.78 is 0. The molecular weight excluding hydrogens is 957 g/mol. The molecule has 0 fully saturated rings. The van der Waals surface area contributed by atoms with Crippen molar-refractivity contribution in [1.82, 2.24) is 21.3 Å². The fourth-order valence-corrected chi connectivity index (χ4v) is 9.97. The lowest BCUT2D eigenvalue weighted by atomic mass is 9.96. The molecule has 0 saturated heterocycles. The molecular formula is C67H94N4O6. The lowest BCUT2D eigenvalue weighted by Gasteiger charge is -2.14. The molecule has 10 nitrogen and oxygen atoms in total. The van der Waals surface area contributed by atoms with Crippen molar-refractivity contribution in [2.75, 3.05) is 52.4 Å². The van der Waals surface area contributed by atoms with Crippen molar-refractivity contribution >= 4 is 0 Å². The Kier molecular flexibility index (Phi) is 30.9. The average Bonchev–Trinajstić information content (AvgIpc) is 3.44. The van der Waals surface area contributed by atoms with Gasteiger partial charge in [-0.2, -0.15) is 0 Å². The average molecular weight is 1050 g/mol. The van der Waals surface area contributed by atoms with Gasteiger partial charge in [0.1, 0.15) is 11.5 Å². The number of unbranched alkanes of at least 4 members (excludes halogenated alkanes) is 13. The van der Waals surface area contributed by atoms with Crippen LogP contribution in [0.5, 0.6) is 34.5 Å². The SMILES string of the molecule is Oc1cccc(CCc2c(CCNCCCCCCCCCCNCCc3ccccc3)ccc(O)c2O)c1.Oc1cccc(CCc2c(CCNCCCCCCCCCNCCc3ccccc3)ccc(O)c2O)c1. The van der Waals surface area contributed by atoms with Crippen LogP contribution in [0.1, 0.15) is 141 Å². The van der Waals surface area contributed by atoms with Crippen LogP contribution >= 0.6 is 0 Å². The van der Waals surface area contributed by atoms with Gasteiger partial charge < -0.3 is 51.9 Å². The van der Waals surface area contributed by atoms with Gasteiger partial charge in [0.05, 0.1) is 0 Å². The van der Waals surface area contributed by atoms with Crippen LogP contribution in [0.4, 0.5) is 0 Å². The number of phenolic OH excluding ortho intramolecular Hbond substituents is 6. The zero-order valence-electron chi connectivity index (χ0n) is 46.3.